The van der Waals surface area contributed by atoms with E-state index in [1.165, 1.54) is 5.57 Å². The van der Waals surface area contributed by atoms with E-state index in [-0.39, 0.29) is 12.4 Å². The maximum atomic E-state index is 11.0. The van der Waals surface area contributed by atoms with Crippen LogP contribution in [0.2, 0.25) is 0 Å². The van der Waals surface area contributed by atoms with Crippen molar-refractivity contribution in [2.75, 3.05) is 6.54 Å². The third-order valence-electron chi connectivity index (χ3n) is 1.91. The summed E-state index contributed by atoms with van der Waals surface area (Å²) in [5, 5.41) is 9.71. The molecule has 88 valence electrons. The van der Waals surface area contributed by atoms with Crippen LogP contribution in [0.25, 0.3) is 0 Å². The molecular weight excluding hydrogens is 206 g/mol. The SMILES string of the molecule is C/C=C/C(=O)NCC1=CC=CCC1.O=CO. The van der Waals surface area contributed by atoms with Crippen LogP contribution in [0, 0.1) is 0 Å². The summed E-state index contributed by atoms with van der Waals surface area (Å²) < 4.78 is 0. The molecule has 0 saturated heterocycles. The lowest BCUT2D eigenvalue weighted by molar-refractivity contribution is -0.123. The lowest BCUT2D eigenvalue weighted by atomic mass is 10.1. The minimum atomic E-state index is -0.250. The third kappa shape index (κ3) is 7.55. The Kier molecular flexibility index (Phi) is 8.59. The summed E-state index contributed by atoms with van der Waals surface area (Å²) in [4.78, 5) is 19.4. The minimum absolute atomic E-state index is 0.0158. The van der Waals surface area contributed by atoms with Crippen molar-refractivity contribution in [3.63, 3.8) is 0 Å². The Bertz CT molecular complexity index is 303. The lowest BCUT2D eigenvalue weighted by Crippen LogP contribution is -2.23. The standard InChI is InChI=1S/C11H15NO.CH2O2/c1-2-6-11(13)12-9-10-7-4-3-5-8-10;2-1-3/h2-4,6-7H,5,8-9H2,1H3,(H,12,13);1H,(H,2,3)/b6-2+;. The zero-order valence-corrected chi connectivity index (χ0v) is 9.35. The van der Waals surface area contributed by atoms with Crippen LogP contribution in [-0.4, -0.2) is 24.0 Å². The molecular formula is C12H17NO3. The van der Waals surface area contributed by atoms with Gasteiger partial charge in [-0.05, 0) is 25.8 Å². The van der Waals surface area contributed by atoms with Crippen molar-refractivity contribution in [1.29, 1.82) is 0 Å². The van der Waals surface area contributed by atoms with E-state index in [9.17, 15) is 4.79 Å². The fourth-order valence-electron chi connectivity index (χ4n) is 1.21. The molecule has 0 aromatic rings. The molecule has 0 saturated carbocycles. The number of amides is 1. The third-order valence-corrected chi connectivity index (χ3v) is 1.91. The van der Waals surface area contributed by atoms with E-state index >= 15 is 0 Å². The Hall–Kier alpha value is -1.84. The Balaban J connectivity index is 0.000000673. The monoisotopic (exact) mass is 223 g/mol. The molecule has 4 nitrogen and oxygen atoms in total. The van der Waals surface area contributed by atoms with Gasteiger partial charge in [-0.3, -0.25) is 9.59 Å². The average Bonchev–Trinajstić information content (AvgIpc) is 2.29. The normalized spacial score (nSPS) is 13.7. The van der Waals surface area contributed by atoms with E-state index in [1.807, 2.05) is 13.0 Å². The Morgan fingerprint density at radius 1 is 1.62 bits per heavy atom. The Morgan fingerprint density at radius 2 is 2.31 bits per heavy atom. The van der Waals surface area contributed by atoms with Gasteiger partial charge in [-0.25, -0.2) is 0 Å². The van der Waals surface area contributed by atoms with Crippen molar-refractivity contribution in [1.82, 2.24) is 5.32 Å². The van der Waals surface area contributed by atoms with Crippen molar-refractivity contribution < 1.29 is 14.7 Å². The van der Waals surface area contributed by atoms with E-state index in [2.05, 4.69) is 17.5 Å². The minimum Gasteiger partial charge on any atom is -0.483 e. The van der Waals surface area contributed by atoms with Crippen LogP contribution in [0.5, 0.6) is 0 Å². The van der Waals surface area contributed by atoms with Gasteiger partial charge in [0.1, 0.15) is 0 Å². The van der Waals surface area contributed by atoms with Crippen molar-refractivity contribution >= 4 is 12.4 Å². The topological polar surface area (TPSA) is 66.4 Å². The van der Waals surface area contributed by atoms with E-state index < -0.39 is 0 Å². The molecule has 0 fully saturated rings. The first kappa shape index (κ1) is 14.2. The van der Waals surface area contributed by atoms with E-state index in [0.29, 0.717) is 6.54 Å². The largest absolute Gasteiger partial charge is 0.483 e. The molecule has 0 unspecified atom stereocenters. The highest BCUT2D eigenvalue weighted by Gasteiger charge is 2.00. The number of rotatable bonds is 3. The van der Waals surface area contributed by atoms with E-state index in [1.54, 1.807) is 12.2 Å². The number of carbonyl (C=O) groups excluding carboxylic acids is 1. The molecule has 2 N–H and O–H groups in total. The molecule has 0 atom stereocenters. The molecule has 1 rings (SSSR count). The summed E-state index contributed by atoms with van der Waals surface area (Å²) in [5.41, 5.74) is 1.29. The number of hydrogen-bond donors (Lipinski definition) is 2. The quantitative estimate of drug-likeness (QED) is 0.564. The summed E-state index contributed by atoms with van der Waals surface area (Å²) in [7, 11) is 0. The highest BCUT2D eigenvalue weighted by atomic mass is 16.3. The van der Waals surface area contributed by atoms with Gasteiger partial charge in [-0.15, -0.1) is 0 Å². The number of allylic oxidation sites excluding steroid dienone is 4. The maximum Gasteiger partial charge on any atom is 0.290 e. The summed E-state index contributed by atoms with van der Waals surface area (Å²) in [6.45, 7) is 2.26. The second-order valence-corrected chi connectivity index (χ2v) is 3.11. The molecule has 0 aromatic heterocycles. The van der Waals surface area contributed by atoms with E-state index in [4.69, 9.17) is 9.90 Å². The molecule has 16 heavy (non-hydrogen) atoms. The molecule has 0 aromatic carbocycles. The number of nitrogens with one attached hydrogen (secondary N) is 1. The van der Waals surface area contributed by atoms with Gasteiger partial charge in [-0.1, -0.05) is 29.9 Å². The summed E-state index contributed by atoms with van der Waals surface area (Å²) >= 11 is 0. The van der Waals surface area contributed by atoms with Crippen LogP contribution in [-0.2, 0) is 9.59 Å². The smallest absolute Gasteiger partial charge is 0.290 e. The molecule has 0 radical (unpaired) electrons. The molecule has 0 bridgehead atoms. The van der Waals surface area contributed by atoms with Crippen LogP contribution in [0.3, 0.4) is 0 Å². The van der Waals surface area contributed by atoms with Gasteiger partial charge in [0.25, 0.3) is 6.47 Å². The first-order chi connectivity index (χ1) is 7.74. The van der Waals surface area contributed by atoms with Crippen molar-refractivity contribution in [2.24, 2.45) is 0 Å². The van der Waals surface area contributed by atoms with Gasteiger partial charge in [0.15, 0.2) is 0 Å². The molecule has 0 spiro atoms. The first-order valence-corrected chi connectivity index (χ1v) is 5.07. The van der Waals surface area contributed by atoms with Crippen LogP contribution >= 0.6 is 0 Å². The van der Waals surface area contributed by atoms with E-state index in [0.717, 1.165) is 12.8 Å². The van der Waals surface area contributed by atoms with Crippen LogP contribution in [0.15, 0.2) is 36.0 Å². The van der Waals surface area contributed by atoms with Crippen LogP contribution < -0.4 is 5.32 Å². The molecule has 1 amide bonds. The van der Waals surface area contributed by atoms with Gasteiger partial charge in [0.05, 0.1) is 0 Å². The highest BCUT2D eigenvalue weighted by molar-refractivity contribution is 5.87. The van der Waals surface area contributed by atoms with Gasteiger partial charge < -0.3 is 10.4 Å². The van der Waals surface area contributed by atoms with Gasteiger partial charge in [0.2, 0.25) is 5.91 Å². The second-order valence-electron chi connectivity index (χ2n) is 3.11. The molecule has 4 heteroatoms. The molecule has 0 aliphatic heterocycles. The van der Waals surface area contributed by atoms with Crippen LogP contribution in [0.1, 0.15) is 19.8 Å². The molecule has 1 aliphatic carbocycles. The predicted molar refractivity (Wildman–Crippen MR) is 63.0 cm³/mol. The number of hydrogen-bond acceptors (Lipinski definition) is 2. The number of carbonyl (C=O) groups is 2. The number of carboxylic acid groups (broad SMARTS) is 1. The zero-order chi connectivity index (χ0) is 12.2. The molecule has 0 heterocycles. The summed E-state index contributed by atoms with van der Waals surface area (Å²) in [5.74, 6) is -0.0158. The van der Waals surface area contributed by atoms with Crippen molar-refractivity contribution in [3.8, 4) is 0 Å². The van der Waals surface area contributed by atoms with Gasteiger partial charge >= 0.3 is 0 Å². The predicted octanol–water partition coefficient (Wildman–Crippen LogP) is 1.66. The van der Waals surface area contributed by atoms with Gasteiger partial charge in [0, 0.05) is 6.54 Å². The second kappa shape index (κ2) is 9.71. The fourth-order valence-corrected chi connectivity index (χ4v) is 1.21. The molecule has 1 aliphatic rings. The highest BCUT2D eigenvalue weighted by Crippen LogP contribution is 2.09. The zero-order valence-electron chi connectivity index (χ0n) is 9.35. The Labute approximate surface area is 95.4 Å². The lowest BCUT2D eigenvalue weighted by Gasteiger charge is -2.08. The van der Waals surface area contributed by atoms with Crippen molar-refractivity contribution in [3.05, 3.63) is 36.0 Å². The maximum absolute atomic E-state index is 11.0. The fraction of sp³-hybridized carbons (Fsp3) is 0.333. The summed E-state index contributed by atoms with van der Waals surface area (Å²) in [6.07, 6.45) is 11.7. The first-order valence-electron chi connectivity index (χ1n) is 5.07. The van der Waals surface area contributed by atoms with Gasteiger partial charge in [-0.2, -0.15) is 0 Å². The Morgan fingerprint density at radius 3 is 2.81 bits per heavy atom. The summed E-state index contributed by atoms with van der Waals surface area (Å²) in [6, 6.07) is 0. The average molecular weight is 223 g/mol. The van der Waals surface area contributed by atoms with Crippen LogP contribution in [0.4, 0.5) is 0 Å². The van der Waals surface area contributed by atoms with Crippen molar-refractivity contribution in [2.45, 2.75) is 19.8 Å².